The molecule has 1 aliphatic heterocycles. The summed E-state index contributed by atoms with van der Waals surface area (Å²) in [7, 11) is 0. The maximum absolute atomic E-state index is 13.4. The highest BCUT2D eigenvalue weighted by atomic mass is 16.7. The summed E-state index contributed by atoms with van der Waals surface area (Å²) < 4.78 is 13.0. The van der Waals surface area contributed by atoms with Crippen molar-refractivity contribution in [2.75, 3.05) is 12.3 Å². The summed E-state index contributed by atoms with van der Waals surface area (Å²) in [6.07, 6.45) is 8.30. The van der Waals surface area contributed by atoms with E-state index in [1.54, 1.807) is 24.3 Å². The number of aliphatic hydroxyl groups is 2. The highest BCUT2D eigenvalue weighted by Gasteiger charge is 2.63. The van der Waals surface area contributed by atoms with Crippen LogP contribution in [0.4, 0.5) is 5.69 Å². The van der Waals surface area contributed by atoms with Crippen LogP contribution in [0.2, 0.25) is 0 Å². The fraction of sp³-hybridized carbons (Fsp3) is 0.500. The minimum Gasteiger partial charge on any atom is -0.506 e. The van der Waals surface area contributed by atoms with Gasteiger partial charge in [-0.15, -0.1) is 0 Å². The minimum absolute atomic E-state index is 0.00604. The van der Waals surface area contributed by atoms with Gasteiger partial charge in [-0.2, -0.15) is 0 Å². The Hall–Kier alpha value is -3.30. The van der Waals surface area contributed by atoms with Gasteiger partial charge in [0.05, 0.1) is 17.9 Å². The number of benzene rings is 2. The van der Waals surface area contributed by atoms with Gasteiger partial charge < -0.3 is 30.5 Å². The normalized spacial score (nSPS) is 33.5. The van der Waals surface area contributed by atoms with Crippen LogP contribution in [0.1, 0.15) is 75.4 Å². The highest BCUT2D eigenvalue weighted by Crippen LogP contribution is 2.59. The largest absolute Gasteiger partial charge is 0.506 e. The van der Waals surface area contributed by atoms with Gasteiger partial charge in [-0.25, -0.2) is 0 Å². The standard InChI is InChI=1S/C36H43NO7/c1-3-4-30(41)33-27(11-10-25-18-26(39)13-14-35(25,33)2)24-17-32-36(19-24,31(42)20-38)44-34(43-32)23-8-5-21(6-9-23)15-22-7-12-29(40)28(37)16-22/h5-9,12-14,16,18,24,27,30,32-34,38,40-41H,3-4,10-11,15,17,19-20,37H2,1-2H3/t24-,27+,30+,32-,33-,34-,35+,36-/m1/s1. The second-order valence-corrected chi connectivity index (χ2v) is 13.3. The van der Waals surface area contributed by atoms with Gasteiger partial charge in [-0.1, -0.05) is 62.2 Å². The van der Waals surface area contributed by atoms with E-state index in [0.29, 0.717) is 31.4 Å². The summed E-state index contributed by atoms with van der Waals surface area (Å²) in [6.45, 7) is 3.56. The number of anilines is 1. The molecule has 3 fully saturated rings. The van der Waals surface area contributed by atoms with E-state index in [1.165, 1.54) is 0 Å². The number of phenolic OH excluding ortho intramolecular Hbond substituents is 1. The van der Waals surface area contributed by atoms with Crippen molar-refractivity contribution in [1.82, 2.24) is 0 Å². The summed E-state index contributed by atoms with van der Waals surface area (Å²) in [5.74, 6) is -0.266. The average molecular weight is 602 g/mol. The molecule has 8 nitrogen and oxygen atoms in total. The maximum atomic E-state index is 13.4. The third-order valence-corrected chi connectivity index (χ3v) is 10.7. The Balaban J connectivity index is 1.21. The van der Waals surface area contributed by atoms with Gasteiger partial charge in [0.2, 0.25) is 0 Å². The lowest BCUT2D eigenvalue weighted by atomic mass is 9.54. The molecule has 2 aromatic carbocycles. The number of rotatable bonds is 9. The van der Waals surface area contributed by atoms with E-state index in [-0.39, 0.29) is 35.1 Å². The lowest BCUT2D eigenvalue weighted by Gasteiger charge is -2.51. The number of fused-ring (bicyclic) bond motifs is 2. The summed E-state index contributed by atoms with van der Waals surface area (Å²) in [5, 5.41) is 31.2. The number of ketones is 2. The molecule has 2 aromatic rings. The molecule has 0 unspecified atom stereocenters. The topological polar surface area (TPSA) is 139 Å². The third-order valence-electron chi connectivity index (χ3n) is 10.7. The van der Waals surface area contributed by atoms with Crippen molar-refractivity contribution in [3.63, 3.8) is 0 Å². The zero-order valence-electron chi connectivity index (χ0n) is 25.4. The Labute approximate surface area is 258 Å². The van der Waals surface area contributed by atoms with E-state index in [9.17, 15) is 24.9 Å². The van der Waals surface area contributed by atoms with Crippen molar-refractivity contribution in [2.45, 2.75) is 82.9 Å². The smallest absolute Gasteiger partial charge is 0.192 e. The Bertz CT molecular complexity index is 1480. The fourth-order valence-corrected chi connectivity index (χ4v) is 8.48. The monoisotopic (exact) mass is 601 g/mol. The first-order valence-corrected chi connectivity index (χ1v) is 15.8. The van der Waals surface area contributed by atoms with Crippen molar-refractivity contribution in [3.8, 4) is 5.75 Å². The molecule has 0 aromatic heterocycles. The van der Waals surface area contributed by atoms with Crippen LogP contribution in [0.25, 0.3) is 0 Å². The van der Waals surface area contributed by atoms with Gasteiger partial charge in [-0.05, 0) is 85.8 Å². The molecule has 0 radical (unpaired) electrons. The van der Waals surface area contributed by atoms with Gasteiger partial charge in [-0.3, -0.25) is 9.59 Å². The van der Waals surface area contributed by atoms with Crippen LogP contribution < -0.4 is 5.73 Å². The quantitative estimate of drug-likeness (QED) is 0.234. The molecule has 1 heterocycles. The number of hydrogen-bond acceptors (Lipinski definition) is 8. The van der Waals surface area contributed by atoms with Gasteiger partial charge in [0.1, 0.15) is 12.4 Å². The Morgan fingerprint density at radius 2 is 1.91 bits per heavy atom. The Kier molecular flexibility index (Phi) is 8.30. The van der Waals surface area contributed by atoms with E-state index in [1.807, 2.05) is 36.4 Å². The number of phenols is 1. The number of hydrogen-bond donors (Lipinski definition) is 4. The van der Waals surface area contributed by atoms with Crippen molar-refractivity contribution in [2.24, 2.45) is 23.2 Å². The molecule has 1 saturated heterocycles. The maximum Gasteiger partial charge on any atom is 0.192 e. The number of nitrogens with two attached hydrogens (primary N) is 1. The molecule has 0 spiro atoms. The van der Waals surface area contributed by atoms with Gasteiger partial charge in [0.25, 0.3) is 0 Å². The van der Waals surface area contributed by atoms with Crippen LogP contribution >= 0.6 is 0 Å². The third kappa shape index (κ3) is 5.32. The number of allylic oxidation sites excluding steroid dienone is 4. The number of aromatic hydroxyl groups is 1. The summed E-state index contributed by atoms with van der Waals surface area (Å²) >= 11 is 0. The molecule has 2 saturated carbocycles. The van der Waals surface area contributed by atoms with Crippen LogP contribution in [0, 0.1) is 23.2 Å². The van der Waals surface area contributed by atoms with Crippen molar-refractivity contribution >= 4 is 17.3 Å². The predicted octanol–water partition coefficient (Wildman–Crippen LogP) is 4.95. The molecule has 8 atom stereocenters. The van der Waals surface area contributed by atoms with Crippen molar-refractivity contribution < 1.29 is 34.4 Å². The Morgan fingerprint density at radius 1 is 1.16 bits per heavy atom. The van der Waals surface area contributed by atoms with E-state index in [4.69, 9.17) is 15.2 Å². The molecule has 44 heavy (non-hydrogen) atoms. The van der Waals surface area contributed by atoms with Gasteiger partial charge >= 0.3 is 0 Å². The highest BCUT2D eigenvalue weighted by molar-refractivity contribution is 6.01. The number of nitrogen functional groups attached to an aromatic ring is 1. The van der Waals surface area contributed by atoms with Crippen molar-refractivity contribution in [1.29, 1.82) is 0 Å². The number of aliphatic hydroxyl groups excluding tert-OH is 2. The SMILES string of the molecule is CCC[C@H](O)[C@H]1[C@H]([C@@H]2C[C@H]3O[C@@H](c4ccc(Cc5ccc(O)c(N)c5)cc4)O[C@@]3(C(=O)CO)C2)CCC2=CC(=O)C=C[C@@]21C. The lowest BCUT2D eigenvalue weighted by molar-refractivity contribution is -0.152. The van der Waals surface area contributed by atoms with Crippen LogP contribution in [0.15, 0.2) is 66.3 Å². The molecular weight excluding hydrogens is 558 g/mol. The van der Waals surface area contributed by atoms with Gasteiger partial charge in [0.15, 0.2) is 23.5 Å². The van der Waals surface area contributed by atoms with Crippen LogP contribution in [0.5, 0.6) is 5.75 Å². The van der Waals surface area contributed by atoms with Crippen LogP contribution in [-0.2, 0) is 25.5 Å². The molecule has 0 bridgehead atoms. The van der Waals surface area contributed by atoms with Crippen LogP contribution in [-0.4, -0.2) is 51.3 Å². The minimum atomic E-state index is -1.25. The Morgan fingerprint density at radius 3 is 2.61 bits per heavy atom. The first-order chi connectivity index (χ1) is 21.1. The van der Waals surface area contributed by atoms with E-state index in [0.717, 1.165) is 41.5 Å². The summed E-state index contributed by atoms with van der Waals surface area (Å²) in [4.78, 5) is 25.6. The molecule has 234 valence electrons. The lowest BCUT2D eigenvalue weighted by Crippen LogP contribution is -2.48. The zero-order valence-corrected chi connectivity index (χ0v) is 25.4. The molecule has 8 heteroatoms. The average Bonchev–Trinajstić information content (AvgIpc) is 3.55. The zero-order chi connectivity index (χ0) is 31.2. The molecule has 6 rings (SSSR count). The van der Waals surface area contributed by atoms with Gasteiger partial charge in [0, 0.05) is 16.9 Å². The number of carbonyl (C=O) groups is 2. The number of Topliss-reactive ketones (excluding diaryl/α,β-unsaturated/α-hetero) is 1. The van der Waals surface area contributed by atoms with Crippen LogP contribution in [0.3, 0.4) is 0 Å². The summed E-state index contributed by atoms with van der Waals surface area (Å²) in [5.41, 5.74) is 8.40. The molecule has 4 aliphatic rings. The molecule has 5 N–H and O–H groups in total. The first-order valence-electron chi connectivity index (χ1n) is 15.8. The number of ether oxygens (including phenoxy) is 2. The fourth-order valence-electron chi connectivity index (χ4n) is 8.48. The molecular formula is C36H43NO7. The van der Waals surface area contributed by atoms with E-state index >= 15 is 0 Å². The predicted molar refractivity (Wildman–Crippen MR) is 165 cm³/mol. The molecule has 3 aliphatic carbocycles. The van der Waals surface area contributed by atoms with E-state index in [2.05, 4.69) is 13.8 Å². The first kappa shape index (κ1) is 30.7. The summed E-state index contributed by atoms with van der Waals surface area (Å²) in [6, 6.07) is 13.0. The second-order valence-electron chi connectivity index (χ2n) is 13.3. The second kappa shape index (κ2) is 11.9. The molecule has 0 amide bonds. The number of carbonyl (C=O) groups excluding carboxylic acids is 2. The van der Waals surface area contributed by atoms with Crippen molar-refractivity contribution in [3.05, 3.63) is 83.0 Å². The van der Waals surface area contributed by atoms with E-state index < -0.39 is 36.1 Å².